The van der Waals surface area contributed by atoms with E-state index in [1.807, 2.05) is 24.3 Å². The lowest BCUT2D eigenvalue weighted by atomic mass is 10.2. The van der Waals surface area contributed by atoms with E-state index in [1.165, 1.54) is 0 Å². The van der Waals surface area contributed by atoms with Gasteiger partial charge in [0.1, 0.15) is 11.8 Å². The molecule has 0 aromatic heterocycles. The van der Waals surface area contributed by atoms with Gasteiger partial charge in [-0.2, -0.15) is 0 Å². The molecular weight excluding hydrogens is 323 g/mol. The van der Waals surface area contributed by atoms with Crippen LogP contribution in [0.1, 0.15) is 6.92 Å². The minimum atomic E-state index is -0.430. The maximum Gasteiger partial charge on any atom is 0.246 e. The number of halogens is 2. The fourth-order valence-electron chi connectivity index (χ4n) is 1.83. The van der Waals surface area contributed by atoms with E-state index in [0.717, 1.165) is 11.4 Å². The summed E-state index contributed by atoms with van der Waals surface area (Å²) in [6.07, 6.45) is 0. The van der Waals surface area contributed by atoms with Crippen molar-refractivity contribution in [3.63, 3.8) is 0 Å². The Morgan fingerprint density at radius 2 is 1.82 bits per heavy atom. The van der Waals surface area contributed by atoms with Crippen LogP contribution in [0.4, 0.5) is 11.4 Å². The number of rotatable bonds is 5. The summed E-state index contributed by atoms with van der Waals surface area (Å²) in [5, 5.41) is 6.79. The molecular formula is C16H16Cl2N2O2. The Balaban J connectivity index is 1.99. The quantitative estimate of drug-likeness (QED) is 0.847. The molecule has 0 aliphatic heterocycles. The Morgan fingerprint density at radius 1 is 1.14 bits per heavy atom. The zero-order chi connectivity index (χ0) is 16.1. The van der Waals surface area contributed by atoms with E-state index in [4.69, 9.17) is 27.9 Å². The van der Waals surface area contributed by atoms with Crippen LogP contribution >= 0.6 is 23.2 Å². The zero-order valence-corrected chi connectivity index (χ0v) is 13.7. The van der Waals surface area contributed by atoms with Crippen LogP contribution in [0, 0.1) is 0 Å². The number of hydrogen-bond donors (Lipinski definition) is 2. The van der Waals surface area contributed by atoms with Gasteiger partial charge in [-0.1, -0.05) is 23.2 Å². The molecule has 1 atom stereocenters. The number of ether oxygens (including phenoxy) is 1. The van der Waals surface area contributed by atoms with E-state index in [9.17, 15) is 4.79 Å². The van der Waals surface area contributed by atoms with Gasteiger partial charge in [0.15, 0.2) is 0 Å². The highest BCUT2D eigenvalue weighted by Crippen LogP contribution is 2.25. The largest absolute Gasteiger partial charge is 0.497 e. The third kappa shape index (κ3) is 4.29. The molecule has 1 amide bonds. The molecule has 0 saturated heterocycles. The van der Waals surface area contributed by atoms with Gasteiger partial charge >= 0.3 is 0 Å². The normalized spacial score (nSPS) is 11.6. The standard InChI is InChI=1S/C16H16Cl2N2O2/c1-10(19-12-4-6-13(22-2)7-5-12)16(21)20-15-8-3-11(17)9-14(15)18/h3-10,19H,1-2H3,(H,20,21)/t10-/m0/s1. The van der Waals surface area contributed by atoms with Crippen LogP contribution in [0.2, 0.25) is 10.0 Å². The summed E-state index contributed by atoms with van der Waals surface area (Å²) in [5.41, 5.74) is 1.35. The fraction of sp³-hybridized carbons (Fsp3) is 0.188. The van der Waals surface area contributed by atoms with E-state index in [0.29, 0.717) is 15.7 Å². The van der Waals surface area contributed by atoms with Gasteiger partial charge in [-0.25, -0.2) is 0 Å². The number of methoxy groups -OCH3 is 1. The molecule has 0 aliphatic carbocycles. The molecule has 0 spiro atoms. The summed E-state index contributed by atoms with van der Waals surface area (Å²) in [4.78, 5) is 12.2. The van der Waals surface area contributed by atoms with Crippen LogP contribution in [0.5, 0.6) is 5.75 Å². The van der Waals surface area contributed by atoms with Crippen molar-refractivity contribution in [1.82, 2.24) is 0 Å². The van der Waals surface area contributed by atoms with Crippen LogP contribution in [0.25, 0.3) is 0 Å². The molecule has 116 valence electrons. The monoisotopic (exact) mass is 338 g/mol. The van der Waals surface area contributed by atoms with E-state index in [1.54, 1.807) is 32.2 Å². The number of carbonyl (C=O) groups excluding carboxylic acids is 1. The molecule has 0 fully saturated rings. The van der Waals surface area contributed by atoms with Crippen LogP contribution in [-0.2, 0) is 4.79 Å². The first-order valence-corrected chi connectivity index (χ1v) is 7.41. The Bertz CT molecular complexity index is 660. The molecule has 2 aromatic carbocycles. The summed E-state index contributed by atoms with van der Waals surface area (Å²) in [6, 6.07) is 11.8. The summed E-state index contributed by atoms with van der Waals surface area (Å²) in [7, 11) is 1.61. The molecule has 0 heterocycles. The minimum Gasteiger partial charge on any atom is -0.497 e. The van der Waals surface area contributed by atoms with Crippen molar-refractivity contribution < 1.29 is 9.53 Å². The first-order chi connectivity index (χ1) is 10.5. The van der Waals surface area contributed by atoms with Gasteiger partial charge in [0.05, 0.1) is 17.8 Å². The number of amides is 1. The van der Waals surface area contributed by atoms with Gasteiger partial charge in [-0.05, 0) is 49.4 Å². The smallest absolute Gasteiger partial charge is 0.246 e. The Morgan fingerprint density at radius 3 is 2.41 bits per heavy atom. The van der Waals surface area contributed by atoms with Crippen LogP contribution < -0.4 is 15.4 Å². The van der Waals surface area contributed by atoms with Crippen molar-refractivity contribution >= 4 is 40.5 Å². The van der Waals surface area contributed by atoms with E-state index in [-0.39, 0.29) is 5.91 Å². The molecule has 22 heavy (non-hydrogen) atoms. The number of hydrogen-bond acceptors (Lipinski definition) is 3. The second kappa shape index (κ2) is 7.38. The second-order valence-corrected chi connectivity index (χ2v) is 5.55. The minimum absolute atomic E-state index is 0.194. The molecule has 0 saturated carbocycles. The SMILES string of the molecule is COc1ccc(N[C@@H](C)C(=O)Nc2ccc(Cl)cc2Cl)cc1. The van der Waals surface area contributed by atoms with Crippen LogP contribution in [-0.4, -0.2) is 19.1 Å². The average molecular weight is 339 g/mol. The lowest BCUT2D eigenvalue weighted by Crippen LogP contribution is -2.31. The van der Waals surface area contributed by atoms with E-state index < -0.39 is 6.04 Å². The van der Waals surface area contributed by atoms with Gasteiger partial charge in [0.2, 0.25) is 5.91 Å². The highest BCUT2D eigenvalue weighted by molar-refractivity contribution is 6.36. The maximum absolute atomic E-state index is 12.2. The summed E-state index contributed by atoms with van der Waals surface area (Å²) < 4.78 is 5.09. The Kier molecular flexibility index (Phi) is 5.52. The molecule has 2 N–H and O–H groups in total. The van der Waals surface area contributed by atoms with Crippen molar-refractivity contribution in [3.8, 4) is 5.75 Å². The van der Waals surface area contributed by atoms with Gasteiger partial charge in [0.25, 0.3) is 0 Å². The van der Waals surface area contributed by atoms with Gasteiger partial charge in [-0.3, -0.25) is 4.79 Å². The predicted molar refractivity (Wildman–Crippen MR) is 91.2 cm³/mol. The number of nitrogens with one attached hydrogen (secondary N) is 2. The number of benzene rings is 2. The van der Waals surface area contributed by atoms with Gasteiger partial charge in [-0.15, -0.1) is 0 Å². The van der Waals surface area contributed by atoms with E-state index >= 15 is 0 Å². The van der Waals surface area contributed by atoms with Crippen molar-refractivity contribution in [1.29, 1.82) is 0 Å². The third-order valence-corrected chi connectivity index (χ3v) is 3.60. The van der Waals surface area contributed by atoms with Crippen molar-refractivity contribution in [2.24, 2.45) is 0 Å². The van der Waals surface area contributed by atoms with E-state index in [2.05, 4.69) is 10.6 Å². The van der Waals surface area contributed by atoms with Crippen molar-refractivity contribution in [2.45, 2.75) is 13.0 Å². The molecule has 6 heteroatoms. The summed E-state index contributed by atoms with van der Waals surface area (Å²) >= 11 is 11.9. The molecule has 2 aromatic rings. The van der Waals surface area contributed by atoms with Crippen LogP contribution in [0.3, 0.4) is 0 Å². The first-order valence-electron chi connectivity index (χ1n) is 6.66. The second-order valence-electron chi connectivity index (χ2n) is 4.71. The lowest BCUT2D eigenvalue weighted by molar-refractivity contribution is -0.116. The summed E-state index contributed by atoms with van der Waals surface area (Å²) in [5.74, 6) is 0.565. The molecule has 4 nitrogen and oxygen atoms in total. The van der Waals surface area contributed by atoms with Crippen molar-refractivity contribution in [2.75, 3.05) is 17.7 Å². The molecule has 2 rings (SSSR count). The fourth-order valence-corrected chi connectivity index (χ4v) is 2.29. The van der Waals surface area contributed by atoms with Gasteiger partial charge < -0.3 is 15.4 Å². The lowest BCUT2D eigenvalue weighted by Gasteiger charge is -2.16. The average Bonchev–Trinajstić information content (AvgIpc) is 2.50. The first kappa shape index (κ1) is 16.5. The Labute approximate surface area is 139 Å². The molecule has 0 bridgehead atoms. The number of carbonyl (C=O) groups is 1. The number of anilines is 2. The topological polar surface area (TPSA) is 50.4 Å². The zero-order valence-electron chi connectivity index (χ0n) is 12.2. The highest BCUT2D eigenvalue weighted by atomic mass is 35.5. The molecule has 0 aliphatic rings. The molecule has 0 unspecified atom stereocenters. The highest BCUT2D eigenvalue weighted by Gasteiger charge is 2.14. The third-order valence-electron chi connectivity index (χ3n) is 3.06. The van der Waals surface area contributed by atoms with Crippen molar-refractivity contribution in [3.05, 3.63) is 52.5 Å². The van der Waals surface area contributed by atoms with Crippen LogP contribution in [0.15, 0.2) is 42.5 Å². The maximum atomic E-state index is 12.2. The molecule has 0 radical (unpaired) electrons. The Hall–Kier alpha value is -1.91. The summed E-state index contributed by atoms with van der Waals surface area (Å²) in [6.45, 7) is 1.77. The predicted octanol–water partition coefficient (Wildman–Crippen LogP) is 4.44. The van der Waals surface area contributed by atoms with Gasteiger partial charge in [0, 0.05) is 10.7 Å².